The Bertz CT molecular complexity index is 1120. The molecule has 3 aromatic carbocycles. The van der Waals surface area contributed by atoms with Gasteiger partial charge in [0.2, 0.25) is 5.78 Å². The Balaban J connectivity index is 1.50. The van der Waals surface area contributed by atoms with E-state index >= 15 is 0 Å². The van der Waals surface area contributed by atoms with Crippen LogP contribution in [-0.4, -0.2) is 11.8 Å². The standard InChI is InChI=1S/C22H12Cl2O3S/c23-14-7-10-18(24)17(12-14)22(26)27-15-8-5-13(6-9-15)11-20-21(25)16-3-1-2-4-19(16)28-20/h1-12H. The van der Waals surface area contributed by atoms with Gasteiger partial charge < -0.3 is 4.74 Å². The highest BCUT2D eigenvalue weighted by atomic mass is 35.5. The average Bonchev–Trinajstić information content (AvgIpc) is 3.01. The van der Waals surface area contributed by atoms with Crippen molar-refractivity contribution in [1.82, 2.24) is 0 Å². The van der Waals surface area contributed by atoms with Crippen molar-refractivity contribution in [3.63, 3.8) is 0 Å². The van der Waals surface area contributed by atoms with Crippen LogP contribution in [0.4, 0.5) is 0 Å². The Labute approximate surface area is 175 Å². The number of benzene rings is 3. The number of halogens is 2. The summed E-state index contributed by atoms with van der Waals surface area (Å²) in [5, 5.41) is 0.671. The Morgan fingerprint density at radius 2 is 1.71 bits per heavy atom. The number of carbonyl (C=O) groups excluding carboxylic acids is 2. The summed E-state index contributed by atoms with van der Waals surface area (Å²) in [4.78, 5) is 26.4. The van der Waals surface area contributed by atoms with Crippen LogP contribution in [0.15, 0.2) is 76.5 Å². The van der Waals surface area contributed by atoms with E-state index in [1.54, 1.807) is 36.4 Å². The molecule has 1 aliphatic rings. The van der Waals surface area contributed by atoms with Gasteiger partial charge in [-0.3, -0.25) is 4.79 Å². The first-order valence-electron chi connectivity index (χ1n) is 8.32. The van der Waals surface area contributed by atoms with Crippen molar-refractivity contribution >= 4 is 52.8 Å². The fourth-order valence-corrected chi connectivity index (χ4v) is 4.15. The SMILES string of the molecule is O=C(Oc1ccc(C=C2Sc3ccccc3C2=O)cc1)c1cc(Cl)ccc1Cl. The largest absolute Gasteiger partial charge is 0.423 e. The molecule has 0 amide bonds. The number of carbonyl (C=O) groups is 2. The number of esters is 1. The van der Waals surface area contributed by atoms with Crippen molar-refractivity contribution in [1.29, 1.82) is 0 Å². The van der Waals surface area contributed by atoms with Gasteiger partial charge in [0.15, 0.2) is 0 Å². The van der Waals surface area contributed by atoms with Crippen LogP contribution in [0.5, 0.6) is 5.75 Å². The third-order valence-electron chi connectivity index (χ3n) is 4.11. The summed E-state index contributed by atoms with van der Waals surface area (Å²) >= 11 is 13.4. The zero-order valence-electron chi connectivity index (χ0n) is 14.3. The molecule has 3 nitrogen and oxygen atoms in total. The number of ketones is 1. The van der Waals surface area contributed by atoms with Crippen molar-refractivity contribution < 1.29 is 14.3 Å². The van der Waals surface area contributed by atoms with Crippen molar-refractivity contribution in [2.75, 3.05) is 0 Å². The van der Waals surface area contributed by atoms with E-state index < -0.39 is 5.97 Å². The Kier molecular flexibility index (Phi) is 5.27. The maximum absolute atomic E-state index is 12.4. The van der Waals surface area contributed by atoms with E-state index in [4.69, 9.17) is 27.9 Å². The number of Topliss-reactive ketones (excluding diaryl/α,β-unsaturated/α-hetero) is 1. The van der Waals surface area contributed by atoms with E-state index in [9.17, 15) is 9.59 Å². The number of allylic oxidation sites excluding steroid dienone is 1. The van der Waals surface area contributed by atoms with Gasteiger partial charge in [0.05, 0.1) is 15.5 Å². The first-order valence-corrected chi connectivity index (χ1v) is 9.89. The molecule has 0 aliphatic carbocycles. The van der Waals surface area contributed by atoms with E-state index in [2.05, 4.69) is 0 Å². The third-order valence-corrected chi connectivity index (χ3v) is 5.78. The molecule has 0 N–H and O–H groups in total. The van der Waals surface area contributed by atoms with Crippen LogP contribution >= 0.6 is 35.0 Å². The molecule has 0 atom stereocenters. The van der Waals surface area contributed by atoms with Crippen LogP contribution in [-0.2, 0) is 0 Å². The van der Waals surface area contributed by atoms with E-state index in [0.717, 1.165) is 16.0 Å². The average molecular weight is 427 g/mol. The molecule has 0 radical (unpaired) electrons. The fourth-order valence-electron chi connectivity index (χ4n) is 2.74. The molecule has 1 heterocycles. The highest BCUT2D eigenvalue weighted by Gasteiger charge is 2.25. The normalized spacial score (nSPS) is 14.2. The molecule has 0 bridgehead atoms. The van der Waals surface area contributed by atoms with Gasteiger partial charge >= 0.3 is 5.97 Å². The number of hydrogen-bond donors (Lipinski definition) is 0. The molecule has 1 aliphatic heterocycles. The van der Waals surface area contributed by atoms with Gasteiger partial charge in [0.25, 0.3) is 0 Å². The molecular formula is C22H12Cl2O3S. The highest BCUT2D eigenvalue weighted by molar-refractivity contribution is 8.04. The molecule has 4 rings (SSSR count). The number of ether oxygens (including phenoxy) is 1. The number of thioether (sulfide) groups is 1. The molecule has 0 saturated carbocycles. The first kappa shape index (κ1) is 18.8. The van der Waals surface area contributed by atoms with Gasteiger partial charge in [0, 0.05) is 15.5 Å². The lowest BCUT2D eigenvalue weighted by Gasteiger charge is -2.06. The molecule has 0 aromatic heterocycles. The summed E-state index contributed by atoms with van der Waals surface area (Å²) in [5.74, 6) is -0.195. The van der Waals surface area contributed by atoms with Crippen LogP contribution in [0.1, 0.15) is 26.3 Å². The van der Waals surface area contributed by atoms with Crippen LogP contribution in [0.3, 0.4) is 0 Å². The van der Waals surface area contributed by atoms with Crippen LogP contribution in [0.25, 0.3) is 6.08 Å². The summed E-state index contributed by atoms with van der Waals surface area (Å²) in [6.07, 6.45) is 1.83. The van der Waals surface area contributed by atoms with Crippen molar-refractivity contribution in [3.05, 3.63) is 98.4 Å². The van der Waals surface area contributed by atoms with Gasteiger partial charge in [0.1, 0.15) is 5.75 Å². The topological polar surface area (TPSA) is 43.4 Å². The van der Waals surface area contributed by atoms with Crippen molar-refractivity contribution in [2.24, 2.45) is 0 Å². The molecule has 0 spiro atoms. The van der Waals surface area contributed by atoms with Gasteiger partial charge in [-0.25, -0.2) is 4.79 Å². The Hall–Kier alpha value is -2.53. The lowest BCUT2D eigenvalue weighted by atomic mass is 10.1. The zero-order valence-corrected chi connectivity index (χ0v) is 16.6. The van der Waals surface area contributed by atoms with E-state index in [1.165, 1.54) is 17.8 Å². The second-order valence-corrected chi connectivity index (χ2v) is 7.95. The smallest absolute Gasteiger partial charge is 0.345 e. The Morgan fingerprint density at radius 3 is 2.46 bits per heavy atom. The molecule has 138 valence electrons. The molecule has 3 aromatic rings. The maximum Gasteiger partial charge on any atom is 0.345 e. The predicted octanol–water partition coefficient (Wildman–Crippen LogP) is 6.54. The zero-order chi connectivity index (χ0) is 19.7. The minimum Gasteiger partial charge on any atom is -0.423 e. The van der Waals surface area contributed by atoms with Crippen LogP contribution in [0.2, 0.25) is 10.0 Å². The summed E-state index contributed by atoms with van der Waals surface area (Å²) in [6, 6.07) is 19.0. The quantitative estimate of drug-likeness (QED) is 0.270. The molecule has 0 saturated heterocycles. The van der Waals surface area contributed by atoms with E-state index in [-0.39, 0.29) is 16.4 Å². The van der Waals surface area contributed by atoms with Gasteiger partial charge in [-0.15, -0.1) is 0 Å². The van der Waals surface area contributed by atoms with Gasteiger partial charge in [-0.05, 0) is 54.1 Å². The molecular weight excluding hydrogens is 415 g/mol. The second-order valence-electron chi connectivity index (χ2n) is 6.02. The van der Waals surface area contributed by atoms with Crippen molar-refractivity contribution in [3.8, 4) is 5.75 Å². The van der Waals surface area contributed by atoms with Crippen molar-refractivity contribution in [2.45, 2.75) is 4.90 Å². The molecule has 28 heavy (non-hydrogen) atoms. The lowest BCUT2D eigenvalue weighted by Crippen LogP contribution is -2.09. The molecule has 0 fully saturated rings. The Morgan fingerprint density at radius 1 is 0.964 bits per heavy atom. The number of fused-ring (bicyclic) bond motifs is 1. The highest BCUT2D eigenvalue weighted by Crippen LogP contribution is 2.40. The first-order chi connectivity index (χ1) is 13.5. The third kappa shape index (κ3) is 3.85. The number of hydrogen-bond acceptors (Lipinski definition) is 4. The molecule has 6 heteroatoms. The van der Waals surface area contributed by atoms with E-state index in [1.807, 2.05) is 30.3 Å². The van der Waals surface area contributed by atoms with Crippen LogP contribution < -0.4 is 4.74 Å². The summed E-state index contributed by atoms with van der Waals surface area (Å²) in [7, 11) is 0. The summed E-state index contributed by atoms with van der Waals surface area (Å²) in [5.41, 5.74) is 1.76. The minimum atomic E-state index is -0.587. The lowest BCUT2D eigenvalue weighted by molar-refractivity contribution is 0.0734. The molecule has 0 unspecified atom stereocenters. The summed E-state index contributed by atoms with van der Waals surface area (Å²) in [6.45, 7) is 0. The van der Waals surface area contributed by atoms with E-state index in [0.29, 0.717) is 15.7 Å². The second kappa shape index (κ2) is 7.84. The minimum absolute atomic E-state index is 0.0201. The monoisotopic (exact) mass is 426 g/mol. The van der Waals surface area contributed by atoms with Crippen LogP contribution in [0, 0.1) is 0 Å². The number of rotatable bonds is 3. The summed E-state index contributed by atoms with van der Waals surface area (Å²) < 4.78 is 5.36. The predicted molar refractivity (Wildman–Crippen MR) is 112 cm³/mol. The van der Waals surface area contributed by atoms with Gasteiger partial charge in [-0.2, -0.15) is 0 Å². The maximum atomic E-state index is 12.4. The van der Waals surface area contributed by atoms with Gasteiger partial charge in [-0.1, -0.05) is 59.2 Å². The fraction of sp³-hybridized carbons (Fsp3) is 0.